The third-order valence-corrected chi connectivity index (χ3v) is 9.31. The molecule has 4 unspecified atom stereocenters. The fourth-order valence-electron chi connectivity index (χ4n) is 7.22. The van der Waals surface area contributed by atoms with E-state index in [2.05, 4.69) is 37.2 Å². The fourth-order valence-corrected chi connectivity index (χ4v) is 7.22. The van der Waals surface area contributed by atoms with E-state index in [1.165, 1.54) is 37.0 Å². The highest BCUT2D eigenvalue weighted by molar-refractivity contribution is 5.91. The Morgan fingerprint density at radius 2 is 1.93 bits per heavy atom. The van der Waals surface area contributed by atoms with Crippen molar-refractivity contribution in [1.29, 1.82) is 0 Å². The zero-order valence-corrected chi connectivity index (χ0v) is 23.1. The summed E-state index contributed by atoms with van der Waals surface area (Å²) < 4.78 is 14.0. The topological polar surface area (TPSA) is 108 Å². The lowest BCUT2D eigenvalue weighted by Gasteiger charge is -2.33. The second kappa shape index (κ2) is 11.3. The number of hydrogen-bond donors (Lipinski definition) is 4. The highest BCUT2D eigenvalue weighted by Crippen LogP contribution is 2.44. The number of pyridine rings is 2. The van der Waals surface area contributed by atoms with Crippen molar-refractivity contribution in [3.8, 4) is 11.1 Å². The Bertz CT molecular complexity index is 1550. The largest absolute Gasteiger partial charge is 0.339 e. The van der Waals surface area contributed by atoms with Crippen LogP contribution in [0.2, 0.25) is 0 Å². The number of halogens is 1. The van der Waals surface area contributed by atoms with E-state index in [-0.39, 0.29) is 17.8 Å². The van der Waals surface area contributed by atoms with E-state index in [1.54, 1.807) is 18.5 Å². The minimum atomic E-state index is -0.271. The Morgan fingerprint density at radius 3 is 2.80 bits per heavy atom. The summed E-state index contributed by atoms with van der Waals surface area (Å²) in [5, 5.41) is 3.12. The average molecular weight is 554 g/mol. The van der Waals surface area contributed by atoms with E-state index < -0.39 is 0 Å². The number of H-pyrrole nitrogens is 1. The maximum atomic E-state index is 14.0. The van der Waals surface area contributed by atoms with Crippen LogP contribution in [0.1, 0.15) is 81.1 Å². The Morgan fingerprint density at radius 1 is 1.02 bits per heavy atom. The third-order valence-electron chi connectivity index (χ3n) is 9.31. The van der Waals surface area contributed by atoms with Gasteiger partial charge in [0.15, 0.2) is 5.65 Å². The Balaban J connectivity index is 1.08. The summed E-state index contributed by atoms with van der Waals surface area (Å²) in [5.74, 6) is 1.82. The number of imidazole rings is 1. The van der Waals surface area contributed by atoms with Gasteiger partial charge in [-0.05, 0) is 85.3 Å². The SMILES string of the molecule is O=C(CC1CCCCC1)Nc1cncc(C2CCC3NNC(c4nc5nccc(-c6cccc(F)c6)c5[nH]4)C3C2)c1. The molecular weight excluding hydrogens is 517 g/mol. The van der Waals surface area contributed by atoms with E-state index >= 15 is 0 Å². The van der Waals surface area contributed by atoms with Crippen LogP contribution in [0, 0.1) is 17.7 Å². The maximum Gasteiger partial charge on any atom is 0.224 e. The molecular formula is C32H36FN7O. The van der Waals surface area contributed by atoms with Gasteiger partial charge in [-0.3, -0.25) is 15.2 Å². The lowest BCUT2D eigenvalue weighted by atomic mass is 9.73. The van der Waals surface area contributed by atoms with Crippen LogP contribution in [0.25, 0.3) is 22.3 Å². The summed E-state index contributed by atoms with van der Waals surface area (Å²) in [7, 11) is 0. The summed E-state index contributed by atoms with van der Waals surface area (Å²) in [6, 6.07) is 10.9. The quantitative estimate of drug-likeness (QED) is 0.228. The molecule has 0 radical (unpaired) electrons. The average Bonchev–Trinajstić information content (AvgIpc) is 3.61. The number of hydrogen-bond acceptors (Lipinski definition) is 6. The molecule has 41 heavy (non-hydrogen) atoms. The molecule has 2 saturated carbocycles. The molecule has 4 heterocycles. The first-order valence-electron chi connectivity index (χ1n) is 15.0. The van der Waals surface area contributed by atoms with Crippen LogP contribution in [0.3, 0.4) is 0 Å². The number of fused-ring (bicyclic) bond motifs is 2. The number of anilines is 1. The Hall–Kier alpha value is -3.69. The van der Waals surface area contributed by atoms with Gasteiger partial charge in [0.1, 0.15) is 11.6 Å². The van der Waals surface area contributed by atoms with E-state index in [0.717, 1.165) is 60.3 Å². The number of rotatable bonds is 6. The second-order valence-corrected chi connectivity index (χ2v) is 12.0. The third kappa shape index (κ3) is 5.48. The number of aromatic nitrogens is 4. The first kappa shape index (κ1) is 26.2. The predicted molar refractivity (Wildman–Crippen MR) is 156 cm³/mol. The molecule has 1 amide bonds. The molecule has 4 atom stereocenters. The van der Waals surface area contributed by atoms with Gasteiger partial charge in [-0.25, -0.2) is 19.8 Å². The first-order chi connectivity index (χ1) is 20.1. The second-order valence-electron chi connectivity index (χ2n) is 12.0. The zero-order chi connectivity index (χ0) is 27.8. The predicted octanol–water partition coefficient (Wildman–Crippen LogP) is 6.17. The molecule has 3 aromatic heterocycles. The van der Waals surface area contributed by atoms with Gasteiger partial charge in [0, 0.05) is 30.4 Å². The van der Waals surface area contributed by atoms with E-state index in [1.807, 2.05) is 18.3 Å². The van der Waals surface area contributed by atoms with Crippen LogP contribution < -0.4 is 16.2 Å². The number of nitrogens with one attached hydrogen (secondary N) is 4. The van der Waals surface area contributed by atoms with Crippen molar-refractivity contribution in [2.75, 3.05) is 5.32 Å². The highest BCUT2D eigenvalue weighted by Gasteiger charge is 2.42. The van der Waals surface area contributed by atoms with Crippen LogP contribution in [-0.2, 0) is 4.79 Å². The van der Waals surface area contributed by atoms with Crippen molar-refractivity contribution >= 4 is 22.8 Å². The minimum Gasteiger partial charge on any atom is -0.339 e. The lowest BCUT2D eigenvalue weighted by molar-refractivity contribution is -0.117. The molecule has 8 nitrogen and oxygen atoms in total. The lowest BCUT2D eigenvalue weighted by Crippen LogP contribution is -2.34. The van der Waals surface area contributed by atoms with Crippen LogP contribution in [0.4, 0.5) is 10.1 Å². The van der Waals surface area contributed by atoms with Crippen molar-refractivity contribution in [3.63, 3.8) is 0 Å². The maximum absolute atomic E-state index is 14.0. The van der Waals surface area contributed by atoms with E-state index in [0.29, 0.717) is 35.9 Å². The molecule has 4 N–H and O–H groups in total. The summed E-state index contributed by atoms with van der Waals surface area (Å²) in [6.07, 6.45) is 15.2. The van der Waals surface area contributed by atoms with Gasteiger partial charge >= 0.3 is 0 Å². The number of carbonyl (C=O) groups excluding carboxylic acids is 1. The van der Waals surface area contributed by atoms with Gasteiger partial charge in [0.2, 0.25) is 5.91 Å². The van der Waals surface area contributed by atoms with Gasteiger partial charge in [-0.1, -0.05) is 31.4 Å². The molecule has 3 fully saturated rings. The Labute approximate surface area is 238 Å². The van der Waals surface area contributed by atoms with Gasteiger partial charge in [0.25, 0.3) is 0 Å². The van der Waals surface area contributed by atoms with Gasteiger partial charge in [-0.2, -0.15) is 0 Å². The molecule has 1 aromatic carbocycles. The Kier molecular flexibility index (Phi) is 7.22. The number of benzene rings is 1. The molecule has 1 saturated heterocycles. The van der Waals surface area contributed by atoms with E-state index in [9.17, 15) is 9.18 Å². The van der Waals surface area contributed by atoms with Crippen LogP contribution in [0.15, 0.2) is 55.0 Å². The summed E-state index contributed by atoms with van der Waals surface area (Å²) in [6.45, 7) is 0. The monoisotopic (exact) mass is 553 g/mol. The molecule has 212 valence electrons. The molecule has 0 bridgehead atoms. The van der Waals surface area contributed by atoms with Crippen molar-refractivity contribution in [2.45, 2.75) is 75.8 Å². The molecule has 9 heteroatoms. The first-order valence-corrected chi connectivity index (χ1v) is 15.0. The van der Waals surface area contributed by atoms with E-state index in [4.69, 9.17) is 4.98 Å². The number of amides is 1. The minimum absolute atomic E-state index is 0.0105. The molecule has 0 spiro atoms. The van der Waals surface area contributed by atoms with Crippen molar-refractivity contribution in [3.05, 3.63) is 72.2 Å². The van der Waals surface area contributed by atoms with Crippen LogP contribution in [0.5, 0.6) is 0 Å². The van der Waals surface area contributed by atoms with Gasteiger partial charge < -0.3 is 10.3 Å². The number of hydrazine groups is 1. The smallest absolute Gasteiger partial charge is 0.224 e. The normalized spacial score (nSPS) is 24.8. The highest BCUT2D eigenvalue weighted by atomic mass is 19.1. The van der Waals surface area contributed by atoms with Crippen molar-refractivity contribution in [1.82, 2.24) is 30.8 Å². The van der Waals surface area contributed by atoms with Crippen molar-refractivity contribution < 1.29 is 9.18 Å². The molecule has 1 aliphatic heterocycles. The molecule has 4 aromatic rings. The zero-order valence-electron chi connectivity index (χ0n) is 23.1. The molecule has 3 aliphatic rings. The molecule has 2 aliphatic carbocycles. The fraction of sp³-hybridized carbons (Fsp3) is 0.438. The number of aromatic amines is 1. The standard InChI is InChI=1S/C32H36FN7O/c33-23-8-4-7-21(14-23)25-11-12-35-31-29(25)37-32(38-31)30-26-16-20(9-10-27(26)39-40-30)22-15-24(18-34-17-22)36-28(41)13-19-5-2-1-3-6-19/h4,7-8,11-12,14-15,17-20,26-27,30,39-40H,1-3,5-6,9-10,13,16H2,(H,36,41)(H,35,37,38). The van der Waals surface area contributed by atoms with Crippen molar-refractivity contribution in [2.24, 2.45) is 11.8 Å². The number of nitrogens with zero attached hydrogens (tertiary/aromatic N) is 3. The van der Waals surface area contributed by atoms with Crippen LogP contribution in [-0.4, -0.2) is 31.9 Å². The van der Waals surface area contributed by atoms with Crippen LogP contribution >= 0.6 is 0 Å². The summed E-state index contributed by atoms with van der Waals surface area (Å²) >= 11 is 0. The van der Waals surface area contributed by atoms with Gasteiger partial charge in [-0.15, -0.1) is 0 Å². The number of carbonyl (C=O) groups is 1. The molecule has 7 rings (SSSR count). The summed E-state index contributed by atoms with van der Waals surface area (Å²) in [5.41, 5.74) is 12.1. The summed E-state index contributed by atoms with van der Waals surface area (Å²) in [4.78, 5) is 30.1. The van der Waals surface area contributed by atoms with Gasteiger partial charge in [0.05, 0.1) is 23.4 Å².